The van der Waals surface area contributed by atoms with Crippen LogP contribution in [0.2, 0.25) is 0 Å². The van der Waals surface area contributed by atoms with E-state index < -0.39 is 0 Å². The maximum atomic E-state index is 12.2. The minimum Gasteiger partial charge on any atom is -0.312 e. The van der Waals surface area contributed by atoms with Crippen LogP contribution < -0.4 is 5.56 Å². The average Bonchev–Trinajstić information content (AvgIpc) is 2.22. The van der Waals surface area contributed by atoms with Gasteiger partial charge in [-0.05, 0) is 43.9 Å². The van der Waals surface area contributed by atoms with Crippen molar-refractivity contribution in [2.24, 2.45) is 0 Å². The van der Waals surface area contributed by atoms with Crippen LogP contribution >= 0.6 is 15.9 Å². The molecular formula is C13H14BrNO. The van der Waals surface area contributed by atoms with Crippen molar-refractivity contribution in [2.45, 2.75) is 26.8 Å². The number of nitrogens with zero attached hydrogens (tertiary/aromatic N) is 1. The molecule has 1 aromatic heterocycles. The molecule has 2 nitrogen and oxygen atoms in total. The summed E-state index contributed by atoms with van der Waals surface area (Å²) in [5, 5.41) is 1.81. The van der Waals surface area contributed by atoms with Crippen molar-refractivity contribution in [2.75, 3.05) is 0 Å². The molecule has 0 aliphatic heterocycles. The standard InChI is InChI=1S/C13H14BrNO/c1-8(2)15-7-9(3)11-5-4-10(14)6-12(11)13(15)16/h4-8H,1-3H3. The third-order valence-corrected chi connectivity index (χ3v) is 3.25. The quantitative estimate of drug-likeness (QED) is 0.781. The van der Waals surface area contributed by atoms with Crippen LogP contribution in [0.15, 0.2) is 33.7 Å². The maximum absolute atomic E-state index is 12.2. The van der Waals surface area contributed by atoms with Gasteiger partial charge in [0.1, 0.15) is 0 Å². The molecule has 0 saturated heterocycles. The van der Waals surface area contributed by atoms with Crippen molar-refractivity contribution in [3.63, 3.8) is 0 Å². The van der Waals surface area contributed by atoms with E-state index >= 15 is 0 Å². The second-order valence-corrected chi connectivity index (χ2v) is 5.22. The summed E-state index contributed by atoms with van der Waals surface area (Å²) in [6.45, 7) is 6.07. The van der Waals surface area contributed by atoms with Gasteiger partial charge in [0, 0.05) is 22.1 Å². The highest BCUT2D eigenvalue weighted by atomic mass is 79.9. The van der Waals surface area contributed by atoms with Crippen molar-refractivity contribution >= 4 is 26.7 Å². The number of fused-ring (bicyclic) bond motifs is 1. The number of benzene rings is 1. The lowest BCUT2D eigenvalue weighted by Crippen LogP contribution is -2.22. The molecular weight excluding hydrogens is 266 g/mol. The molecule has 0 fully saturated rings. The fourth-order valence-electron chi connectivity index (χ4n) is 1.90. The van der Waals surface area contributed by atoms with Gasteiger partial charge in [-0.2, -0.15) is 0 Å². The van der Waals surface area contributed by atoms with Crippen molar-refractivity contribution in [3.8, 4) is 0 Å². The summed E-state index contributed by atoms with van der Waals surface area (Å²) >= 11 is 3.40. The summed E-state index contributed by atoms with van der Waals surface area (Å²) in [6.07, 6.45) is 1.93. The van der Waals surface area contributed by atoms with Gasteiger partial charge >= 0.3 is 0 Å². The maximum Gasteiger partial charge on any atom is 0.258 e. The summed E-state index contributed by atoms with van der Waals surface area (Å²) < 4.78 is 2.72. The third kappa shape index (κ3) is 1.80. The topological polar surface area (TPSA) is 22.0 Å². The number of aryl methyl sites for hydroxylation is 1. The van der Waals surface area contributed by atoms with E-state index in [1.54, 1.807) is 4.57 Å². The summed E-state index contributed by atoms with van der Waals surface area (Å²) in [7, 11) is 0. The monoisotopic (exact) mass is 279 g/mol. The Labute approximate surface area is 103 Å². The number of pyridine rings is 1. The fourth-order valence-corrected chi connectivity index (χ4v) is 2.26. The zero-order valence-corrected chi connectivity index (χ0v) is 11.2. The lowest BCUT2D eigenvalue weighted by Gasteiger charge is -2.13. The normalized spacial score (nSPS) is 11.3. The van der Waals surface area contributed by atoms with Crippen LogP contribution in [0.1, 0.15) is 25.5 Å². The number of aromatic nitrogens is 1. The Morgan fingerprint density at radius 3 is 2.56 bits per heavy atom. The van der Waals surface area contributed by atoms with Crippen molar-refractivity contribution < 1.29 is 0 Å². The Kier molecular flexibility index (Phi) is 2.89. The molecule has 0 radical (unpaired) electrons. The van der Waals surface area contributed by atoms with Crippen LogP contribution in [0.25, 0.3) is 10.8 Å². The van der Waals surface area contributed by atoms with E-state index in [1.165, 1.54) is 0 Å². The summed E-state index contributed by atoms with van der Waals surface area (Å²) in [4.78, 5) is 12.2. The highest BCUT2D eigenvalue weighted by Crippen LogP contribution is 2.20. The molecule has 0 unspecified atom stereocenters. The van der Waals surface area contributed by atoms with Crippen LogP contribution in [-0.2, 0) is 0 Å². The van der Waals surface area contributed by atoms with Gasteiger partial charge in [0.2, 0.25) is 0 Å². The summed E-state index contributed by atoms with van der Waals surface area (Å²) in [6, 6.07) is 6.04. The highest BCUT2D eigenvalue weighted by molar-refractivity contribution is 9.10. The van der Waals surface area contributed by atoms with Crippen molar-refractivity contribution in [3.05, 3.63) is 44.8 Å². The molecule has 84 valence electrons. The highest BCUT2D eigenvalue weighted by Gasteiger charge is 2.08. The molecule has 1 aromatic carbocycles. The first-order valence-electron chi connectivity index (χ1n) is 5.31. The first-order valence-corrected chi connectivity index (χ1v) is 6.11. The van der Waals surface area contributed by atoms with Gasteiger partial charge in [0.25, 0.3) is 5.56 Å². The molecule has 0 saturated carbocycles. The molecule has 1 heterocycles. The molecule has 0 spiro atoms. The Balaban J connectivity index is 2.92. The van der Waals surface area contributed by atoms with Gasteiger partial charge in [-0.15, -0.1) is 0 Å². The summed E-state index contributed by atoms with van der Waals surface area (Å²) in [5.74, 6) is 0. The lowest BCUT2D eigenvalue weighted by molar-refractivity contribution is 0.581. The Bertz CT molecular complexity index is 599. The van der Waals surface area contributed by atoms with E-state index in [0.29, 0.717) is 0 Å². The molecule has 0 amide bonds. The van der Waals surface area contributed by atoms with Crippen LogP contribution in [0, 0.1) is 6.92 Å². The molecule has 0 aliphatic carbocycles. The molecule has 2 aromatic rings. The van der Waals surface area contributed by atoms with Crippen LogP contribution in [-0.4, -0.2) is 4.57 Å². The zero-order valence-electron chi connectivity index (χ0n) is 9.62. The van der Waals surface area contributed by atoms with Crippen molar-refractivity contribution in [1.29, 1.82) is 0 Å². The Hall–Kier alpha value is -1.09. The Morgan fingerprint density at radius 1 is 1.25 bits per heavy atom. The average molecular weight is 280 g/mol. The minimum absolute atomic E-state index is 0.0805. The van der Waals surface area contributed by atoms with Gasteiger partial charge in [0.15, 0.2) is 0 Å². The molecule has 3 heteroatoms. The van der Waals surface area contributed by atoms with E-state index in [-0.39, 0.29) is 11.6 Å². The molecule has 0 aliphatic rings. The summed E-state index contributed by atoms with van der Waals surface area (Å²) in [5.41, 5.74) is 1.22. The van der Waals surface area contributed by atoms with Crippen LogP contribution in [0.5, 0.6) is 0 Å². The van der Waals surface area contributed by atoms with Gasteiger partial charge in [-0.1, -0.05) is 22.0 Å². The fraction of sp³-hybridized carbons (Fsp3) is 0.308. The number of halogens is 1. The van der Waals surface area contributed by atoms with E-state index in [0.717, 1.165) is 20.8 Å². The molecule has 0 atom stereocenters. The van der Waals surface area contributed by atoms with E-state index in [4.69, 9.17) is 0 Å². The molecule has 0 N–H and O–H groups in total. The number of rotatable bonds is 1. The predicted molar refractivity (Wildman–Crippen MR) is 71.0 cm³/mol. The first kappa shape index (κ1) is 11.4. The third-order valence-electron chi connectivity index (χ3n) is 2.76. The molecule has 0 bridgehead atoms. The van der Waals surface area contributed by atoms with Gasteiger partial charge in [-0.25, -0.2) is 0 Å². The second-order valence-electron chi connectivity index (χ2n) is 4.31. The number of hydrogen-bond acceptors (Lipinski definition) is 1. The number of hydrogen-bond donors (Lipinski definition) is 0. The largest absolute Gasteiger partial charge is 0.312 e. The smallest absolute Gasteiger partial charge is 0.258 e. The van der Waals surface area contributed by atoms with E-state index in [2.05, 4.69) is 15.9 Å². The molecule has 16 heavy (non-hydrogen) atoms. The lowest BCUT2D eigenvalue weighted by atomic mass is 10.1. The van der Waals surface area contributed by atoms with Gasteiger partial charge < -0.3 is 4.57 Å². The van der Waals surface area contributed by atoms with Gasteiger partial charge in [-0.3, -0.25) is 4.79 Å². The minimum atomic E-state index is 0.0805. The van der Waals surface area contributed by atoms with Crippen LogP contribution in [0.4, 0.5) is 0 Å². The van der Waals surface area contributed by atoms with E-state index in [1.807, 2.05) is 45.2 Å². The molecule has 2 rings (SSSR count). The Morgan fingerprint density at radius 2 is 1.94 bits per heavy atom. The van der Waals surface area contributed by atoms with Crippen molar-refractivity contribution in [1.82, 2.24) is 4.57 Å². The van der Waals surface area contributed by atoms with Gasteiger partial charge in [0.05, 0.1) is 0 Å². The van der Waals surface area contributed by atoms with Crippen LogP contribution in [0.3, 0.4) is 0 Å². The zero-order chi connectivity index (χ0) is 11.9. The van der Waals surface area contributed by atoms with E-state index in [9.17, 15) is 4.79 Å². The first-order chi connectivity index (χ1) is 7.50. The second kappa shape index (κ2) is 4.06. The predicted octanol–water partition coefficient (Wildman–Crippen LogP) is 3.65. The SMILES string of the molecule is Cc1cn(C(C)C)c(=O)c2cc(Br)ccc12.